The summed E-state index contributed by atoms with van der Waals surface area (Å²) in [6.45, 7) is 0. The minimum Gasteiger partial charge on any atom is -0.794 e. The van der Waals surface area contributed by atoms with E-state index < -0.39 is 54.3 Å². The van der Waals surface area contributed by atoms with Crippen LogP contribution in [0.1, 0.15) is 31.1 Å². The van der Waals surface area contributed by atoms with E-state index >= 15 is 0 Å². The van der Waals surface area contributed by atoms with Crippen LogP contribution in [0.15, 0.2) is 0 Å². The van der Waals surface area contributed by atoms with Gasteiger partial charge in [-0.1, -0.05) is 29.7 Å². The first-order valence-electron chi connectivity index (χ1n) is 5.21. The van der Waals surface area contributed by atoms with E-state index in [4.69, 9.17) is 86.3 Å². The zero-order valence-electron chi connectivity index (χ0n) is 14.1. The first kappa shape index (κ1) is 58.9. The van der Waals surface area contributed by atoms with E-state index in [1.165, 1.54) is 0 Å². The van der Waals surface area contributed by atoms with Crippen molar-refractivity contribution in [2.24, 2.45) is 0 Å². The molecule has 0 atom stereocenters. The zero-order valence-corrected chi connectivity index (χ0v) is 19.1. The van der Waals surface area contributed by atoms with Crippen LogP contribution in [0.25, 0.3) is 0 Å². The van der Waals surface area contributed by atoms with Gasteiger partial charge < -0.3 is 110 Å². The topological polar surface area (TPSA) is 466 Å². The summed E-state index contributed by atoms with van der Waals surface area (Å²) in [5, 5.41) is 0. The first-order valence-corrected chi connectivity index (χ1v) is 15.6. The van der Waals surface area contributed by atoms with Crippen molar-refractivity contribution in [3.05, 3.63) is 0 Å². The fraction of sp³-hybridized carbons (Fsp3) is 1.00. The lowest BCUT2D eigenvalue weighted by Crippen LogP contribution is -2.61. The molecule has 0 radical (unpaired) electrons. The van der Waals surface area contributed by atoms with E-state index in [1.54, 1.807) is 0 Å². The molecule has 0 saturated heterocycles. The average molecular weight is 620 g/mol. The summed E-state index contributed by atoms with van der Waals surface area (Å²) in [6, 6.07) is 0. The standard InChI is InChI=1S/4CH4.2H5O7Si2.2H3O4Si.H2O/c;;;;2*1-8(2,3)7-9(4,5)6;2*1-5(2,3)4;/h4*1H4;2*1-5H;2*1-3H;1H2/q;;;;4*-1;/p+1. The van der Waals surface area contributed by atoms with Gasteiger partial charge in [-0.05, 0) is 0 Å². The van der Waals surface area contributed by atoms with Gasteiger partial charge in [-0.3, -0.25) is 0 Å². The van der Waals surface area contributed by atoms with Gasteiger partial charge in [0.15, 0.2) is 0 Å². The second-order valence-electron chi connectivity index (χ2n) is 3.60. The van der Waals surface area contributed by atoms with Gasteiger partial charge in [0.1, 0.15) is 0 Å². The maximum absolute atomic E-state index is 9.70. The number of hydrogen-bond acceptors (Lipinski definition) is 22. The third-order valence-electron chi connectivity index (χ3n) is 0.540. The molecule has 18 N–H and O–H groups in total. The molecule has 0 aromatic rings. The van der Waals surface area contributed by atoms with Crippen molar-refractivity contribution < 1.29 is 111 Å². The summed E-state index contributed by atoms with van der Waals surface area (Å²) >= 11 is 0. The molecule has 0 aliphatic rings. The van der Waals surface area contributed by atoms with Gasteiger partial charge in [0, 0.05) is 0 Å². The highest BCUT2D eigenvalue weighted by Gasteiger charge is 2.38. The highest BCUT2D eigenvalue weighted by molar-refractivity contribution is 6.63. The minimum absolute atomic E-state index is 0. The SMILES string of the molecule is C.C.C.C.O.[H+].[O-][Si](O)(O)O.[O-][Si](O)(O)O.[O-][Si](O)(O)O[Si](O)(O)O.[O-][Si](O)(O)O[Si](O)(O)O. The van der Waals surface area contributed by atoms with Crippen molar-refractivity contribution in [1.29, 1.82) is 0 Å². The molecular formula is C4H35O23Si6-3. The zero-order chi connectivity index (χ0) is 24.4. The summed E-state index contributed by atoms with van der Waals surface area (Å²) < 4.78 is 6.25. The monoisotopic (exact) mass is 619 g/mol. The predicted octanol–water partition coefficient (Wildman–Crippen LogP) is -14.3. The highest BCUT2D eigenvalue weighted by Crippen LogP contribution is 1.93. The Balaban J connectivity index is -0.0000000275. The van der Waals surface area contributed by atoms with E-state index in [9.17, 15) is 9.59 Å². The Morgan fingerprint density at radius 2 is 0.485 bits per heavy atom. The van der Waals surface area contributed by atoms with E-state index in [2.05, 4.69) is 8.23 Å². The molecule has 0 heterocycles. The van der Waals surface area contributed by atoms with Crippen LogP contribution in [-0.4, -0.2) is 136 Å². The highest BCUT2D eigenvalue weighted by atomic mass is 28.5. The normalized spacial score (nSPS) is 11.3. The molecule has 0 bridgehead atoms. The van der Waals surface area contributed by atoms with Gasteiger partial charge >= 0.3 is 55.7 Å². The van der Waals surface area contributed by atoms with E-state index in [1.807, 2.05) is 0 Å². The first-order chi connectivity index (χ1) is 11.4. The Labute approximate surface area is 195 Å². The lowest BCUT2D eigenvalue weighted by Gasteiger charge is -2.25. The van der Waals surface area contributed by atoms with Crippen molar-refractivity contribution in [3.8, 4) is 0 Å². The molecule has 0 unspecified atom stereocenters. The molecule has 0 aliphatic carbocycles. The molecule has 216 valence electrons. The Kier molecular flexibility index (Phi) is 38.6. The van der Waals surface area contributed by atoms with Crippen LogP contribution < -0.4 is 19.2 Å². The second kappa shape index (κ2) is 21.6. The molecule has 0 rings (SSSR count). The molecule has 0 aliphatic heterocycles. The lowest BCUT2D eigenvalue weighted by atomic mass is 12.0. The van der Waals surface area contributed by atoms with Gasteiger partial charge in [0.2, 0.25) is 0 Å². The van der Waals surface area contributed by atoms with Crippen molar-refractivity contribution >= 4 is 54.3 Å². The summed E-state index contributed by atoms with van der Waals surface area (Å²) in [5.41, 5.74) is 0. The summed E-state index contributed by atoms with van der Waals surface area (Å²) in [5.74, 6) is 0. The molecule has 0 aromatic heterocycles. The van der Waals surface area contributed by atoms with Gasteiger partial charge in [-0.25, -0.2) is 0 Å². The number of rotatable bonds is 4. The summed E-state index contributed by atoms with van der Waals surface area (Å²) in [6.07, 6.45) is 0. The van der Waals surface area contributed by atoms with Gasteiger partial charge in [-0.2, -0.15) is 0 Å². The fourth-order valence-corrected chi connectivity index (χ4v) is 3.21. The quantitative estimate of drug-likeness (QED) is 0.130. The van der Waals surface area contributed by atoms with Crippen molar-refractivity contribution in [2.45, 2.75) is 29.7 Å². The van der Waals surface area contributed by atoms with Gasteiger partial charge in [0.05, 0.1) is 0 Å². The molecule has 33 heavy (non-hydrogen) atoms. The van der Waals surface area contributed by atoms with Crippen LogP contribution >= 0.6 is 0 Å². The molecule has 29 heteroatoms. The van der Waals surface area contributed by atoms with Crippen molar-refractivity contribution in [3.63, 3.8) is 0 Å². The van der Waals surface area contributed by atoms with Crippen LogP contribution in [0.3, 0.4) is 0 Å². The lowest BCUT2D eigenvalue weighted by molar-refractivity contribution is -0.299. The molecule has 23 nitrogen and oxygen atoms in total. The summed E-state index contributed by atoms with van der Waals surface area (Å²) in [7, 11) is -30.3. The fourth-order valence-electron chi connectivity index (χ4n) is 0.357. The van der Waals surface area contributed by atoms with Crippen molar-refractivity contribution in [1.82, 2.24) is 0 Å². The Morgan fingerprint density at radius 3 is 0.485 bits per heavy atom. The smallest absolute Gasteiger partial charge is 0.794 e. The Hall–Kier alpha value is 0.381. The van der Waals surface area contributed by atoms with Gasteiger partial charge in [-0.15, -0.1) is 0 Å². The third kappa shape index (κ3) is 195. The predicted molar refractivity (Wildman–Crippen MR) is 104 cm³/mol. The van der Waals surface area contributed by atoms with Gasteiger partial charge in [0.25, 0.3) is 0 Å². The van der Waals surface area contributed by atoms with Crippen LogP contribution in [0.2, 0.25) is 0 Å². The minimum atomic E-state index is -5.23. The maximum atomic E-state index is 9.70. The molecular weight excluding hydrogens is 585 g/mol. The third-order valence-corrected chi connectivity index (χ3v) is 4.86. The maximum Gasteiger partial charge on any atom is 1.00 e. The van der Waals surface area contributed by atoms with E-state index in [-0.39, 0.29) is 36.6 Å². The Morgan fingerprint density at radius 1 is 0.394 bits per heavy atom. The average Bonchev–Trinajstić information content (AvgIpc) is 1.95. The Bertz CT molecular complexity index is 313. The van der Waals surface area contributed by atoms with E-state index in [0.717, 1.165) is 0 Å². The van der Waals surface area contributed by atoms with Crippen LogP contribution in [-0.2, 0) is 8.23 Å². The van der Waals surface area contributed by atoms with Crippen LogP contribution in [0.4, 0.5) is 0 Å². The number of hydrogen-bond donors (Lipinski definition) is 16. The molecule has 0 spiro atoms. The molecule has 0 amide bonds. The molecule has 0 saturated carbocycles. The molecule has 0 aromatic carbocycles. The molecule has 0 fully saturated rings. The largest absolute Gasteiger partial charge is 1.00 e. The van der Waals surface area contributed by atoms with Crippen LogP contribution in [0, 0.1) is 0 Å². The van der Waals surface area contributed by atoms with Crippen LogP contribution in [0.5, 0.6) is 0 Å². The second-order valence-corrected chi connectivity index (χ2v) is 12.0. The van der Waals surface area contributed by atoms with Crippen molar-refractivity contribution in [2.75, 3.05) is 0 Å². The summed E-state index contributed by atoms with van der Waals surface area (Å²) in [4.78, 5) is 159. The van der Waals surface area contributed by atoms with E-state index in [0.29, 0.717) is 0 Å².